The molecule has 1 aliphatic rings. The van der Waals surface area contributed by atoms with Crippen molar-refractivity contribution in [3.63, 3.8) is 0 Å². The van der Waals surface area contributed by atoms with Crippen molar-refractivity contribution in [2.24, 2.45) is 0 Å². The van der Waals surface area contributed by atoms with E-state index in [4.69, 9.17) is 31.5 Å². The van der Waals surface area contributed by atoms with E-state index in [-0.39, 0.29) is 6.04 Å². The molecule has 186 valence electrons. The van der Waals surface area contributed by atoms with E-state index in [2.05, 4.69) is 12.7 Å². The summed E-state index contributed by atoms with van der Waals surface area (Å²) in [5.74, 6) is 2.10. The van der Waals surface area contributed by atoms with Gasteiger partial charge in [-0.05, 0) is 67.0 Å². The summed E-state index contributed by atoms with van der Waals surface area (Å²) in [6.07, 6.45) is 10.9. The topological polar surface area (TPSA) is 74.0 Å². The maximum Gasteiger partial charge on any atom is 0.210 e. The third-order valence-electron chi connectivity index (χ3n) is 5.45. The van der Waals surface area contributed by atoms with E-state index in [1.807, 2.05) is 43.3 Å². The Morgan fingerprint density at radius 2 is 1.89 bits per heavy atom. The van der Waals surface area contributed by atoms with Crippen molar-refractivity contribution in [1.82, 2.24) is 4.90 Å². The number of carbonyl (C=O) groups excluding carboxylic acids is 1. The van der Waals surface area contributed by atoms with Crippen molar-refractivity contribution < 1.29 is 19.0 Å². The van der Waals surface area contributed by atoms with Crippen LogP contribution in [0.3, 0.4) is 0 Å². The molecule has 6 nitrogen and oxygen atoms in total. The highest BCUT2D eigenvalue weighted by Gasteiger charge is 2.25. The highest BCUT2D eigenvalue weighted by molar-refractivity contribution is 6.30. The molecular weight excluding hydrogens is 464 g/mol. The van der Waals surface area contributed by atoms with Crippen LogP contribution in [-0.2, 0) is 9.53 Å². The fourth-order valence-corrected chi connectivity index (χ4v) is 3.88. The quantitative estimate of drug-likeness (QED) is 0.204. The van der Waals surface area contributed by atoms with E-state index < -0.39 is 0 Å². The van der Waals surface area contributed by atoms with Gasteiger partial charge in [0.15, 0.2) is 11.5 Å². The number of anilines is 1. The predicted molar refractivity (Wildman–Crippen MR) is 144 cm³/mol. The summed E-state index contributed by atoms with van der Waals surface area (Å²) in [4.78, 5) is 13.3. The standard InChI is InChI=1S/C20H21ClN2O3.C8H12O/c1-25-19-6-3-14(10-20(19)26-2)18-9-13(7-8-23(18)12-24)16-11-15(21)4-5-17(16)22;1-4-6-8(9-3)7-5-2/h3-6,9-12,18H,7-8,22H2,1-2H3;4-7H,1H2,2-3H3/b;7-5-,8-6+. The molecule has 0 saturated carbocycles. The molecule has 1 amide bonds. The van der Waals surface area contributed by atoms with Crippen LogP contribution in [0.2, 0.25) is 5.02 Å². The Morgan fingerprint density at radius 1 is 1.14 bits per heavy atom. The van der Waals surface area contributed by atoms with Crippen LogP contribution in [0.4, 0.5) is 5.69 Å². The van der Waals surface area contributed by atoms with Crippen LogP contribution in [0.15, 0.2) is 79.1 Å². The highest BCUT2D eigenvalue weighted by atomic mass is 35.5. The Hall–Kier alpha value is -3.64. The normalized spacial score (nSPS) is 15.6. The van der Waals surface area contributed by atoms with Crippen LogP contribution in [0.1, 0.15) is 30.5 Å². The van der Waals surface area contributed by atoms with Crippen LogP contribution in [0, 0.1) is 0 Å². The molecule has 0 aliphatic carbocycles. The molecule has 7 heteroatoms. The molecule has 2 N–H and O–H groups in total. The third-order valence-corrected chi connectivity index (χ3v) is 5.69. The van der Waals surface area contributed by atoms with Crippen molar-refractivity contribution in [1.29, 1.82) is 0 Å². The first kappa shape index (κ1) is 27.6. The SMILES string of the molecule is C=C/C=C(\C=C/C)OC.COc1ccc(C2C=C(c3cc(Cl)ccc3N)CCN2C=O)cc1OC. The van der Waals surface area contributed by atoms with Gasteiger partial charge in [0.1, 0.15) is 5.76 Å². The Bertz CT molecular complexity index is 1110. The van der Waals surface area contributed by atoms with Crippen molar-refractivity contribution in [2.45, 2.75) is 19.4 Å². The van der Waals surface area contributed by atoms with E-state index in [0.29, 0.717) is 35.2 Å². The van der Waals surface area contributed by atoms with Crippen molar-refractivity contribution in [3.05, 3.63) is 95.3 Å². The molecule has 2 aromatic rings. The lowest BCUT2D eigenvalue weighted by Crippen LogP contribution is -2.30. The van der Waals surface area contributed by atoms with Crippen LogP contribution in [-0.4, -0.2) is 39.2 Å². The third kappa shape index (κ3) is 7.42. The minimum absolute atomic E-state index is 0.213. The molecule has 3 rings (SSSR count). The van der Waals surface area contributed by atoms with Crippen LogP contribution < -0.4 is 15.2 Å². The lowest BCUT2D eigenvalue weighted by atomic mass is 9.91. The Kier molecular flexibility index (Phi) is 11.0. The summed E-state index contributed by atoms with van der Waals surface area (Å²) in [5.41, 5.74) is 9.73. The average molecular weight is 497 g/mol. The molecule has 0 aromatic heterocycles. The lowest BCUT2D eigenvalue weighted by molar-refractivity contribution is -0.119. The van der Waals surface area contributed by atoms with Crippen LogP contribution in [0.25, 0.3) is 5.57 Å². The van der Waals surface area contributed by atoms with Gasteiger partial charge in [-0.15, -0.1) is 0 Å². The largest absolute Gasteiger partial charge is 0.497 e. The number of carbonyl (C=O) groups is 1. The zero-order valence-electron chi connectivity index (χ0n) is 20.7. The molecule has 2 aromatic carbocycles. The molecule has 1 atom stereocenters. The Balaban J connectivity index is 0.000000410. The van der Waals surface area contributed by atoms with Crippen LogP contribution in [0.5, 0.6) is 11.5 Å². The molecule has 1 unspecified atom stereocenters. The van der Waals surface area contributed by atoms with E-state index in [9.17, 15) is 4.79 Å². The number of nitrogen functional groups attached to an aromatic ring is 1. The van der Waals surface area contributed by atoms with E-state index in [1.54, 1.807) is 50.5 Å². The number of nitrogens with zero attached hydrogens (tertiary/aromatic N) is 1. The number of rotatable bonds is 8. The summed E-state index contributed by atoms with van der Waals surface area (Å²) in [6.45, 7) is 6.08. The lowest BCUT2D eigenvalue weighted by Gasteiger charge is -2.32. The monoisotopic (exact) mass is 496 g/mol. The summed E-state index contributed by atoms with van der Waals surface area (Å²) in [6, 6.07) is 10.9. The average Bonchev–Trinajstić information content (AvgIpc) is 2.89. The molecule has 0 radical (unpaired) electrons. The molecule has 1 heterocycles. The molecule has 35 heavy (non-hydrogen) atoms. The maximum atomic E-state index is 11.6. The van der Waals surface area contributed by atoms with Crippen molar-refractivity contribution >= 4 is 29.3 Å². The van der Waals surface area contributed by atoms with Gasteiger partial charge in [0.2, 0.25) is 6.41 Å². The molecule has 0 bridgehead atoms. The van der Waals surface area contributed by atoms with Gasteiger partial charge in [0, 0.05) is 22.8 Å². The number of amides is 1. The van der Waals surface area contributed by atoms with Gasteiger partial charge >= 0.3 is 0 Å². The van der Waals surface area contributed by atoms with Gasteiger partial charge in [0.25, 0.3) is 0 Å². The van der Waals surface area contributed by atoms with Gasteiger partial charge in [-0.1, -0.05) is 42.5 Å². The molecule has 0 fully saturated rings. The Morgan fingerprint density at radius 3 is 2.49 bits per heavy atom. The maximum absolute atomic E-state index is 11.6. The summed E-state index contributed by atoms with van der Waals surface area (Å²) < 4.78 is 15.6. The first-order chi connectivity index (χ1) is 16.9. The smallest absolute Gasteiger partial charge is 0.210 e. The number of benzene rings is 2. The zero-order valence-corrected chi connectivity index (χ0v) is 21.4. The fourth-order valence-electron chi connectivity index (χ4n) is 3.70. The van der Waals surface area contributed by atoms with E-state index >= 15 is 0 Å². The number of allylic oxidation sites excluding steroid dienone is 4. The summed E-state index contributed by atoms with van der Waals surface area (Å²) in [7, 11) is 4.82. The summed E-state index contributed by atoms with van der Waals surface area (Å²) >= 11 is 6.14. The first-order valence-electron chi connectivity index (χ1n) is 11.1. The van der Waals surface area contributed by atoms with E-state index in [0.717, 1.165) is 28.9 Å². The number of ether oxygens (including phenoxy) is 3. The minimum atomic E-state index is -0.213. The zero-order chi connectivity index (χ0) is 25.8. The predicted octanol–water partition coefficient (Wildman–Crippen LogP) is 6.21. The number of hydrogen-bond donors (Lipinski definition) is 1. The first-order valence-corrected chi connectivity index (χ1v) is 11.5. The van der Waals surface area contributed by atoms with Gasteiger partial charge in [-0.3, -0.25) is 4.79 Å². The fraction of sp³-hybridized carbons (Fsp3) is 0.250. The van der Waals surface area contributed by atoms with Gasteiger partial charge in [-0.2, -0.15) is 0 Å². The van der Waals surface area contributed by atoms with Gasteiger partial charge in [-0.25, -0.2) is 0 Å². The van der Waals surface area contributed by atoms with Gasteiger partial charge < -0.3 is 24.8 Å². The summed E-state index contributed by atoms with van der Waals surface area (Å²) in [5, 5.41) is 0.635. The minimum Gasteiger partial charge on any atom is -0.497 e. The second kappa shape index (κ2) is 13.9. The number of hydrogen-bond acceptors (Lipinski definition) is 5. The second-order valence-corrected chi connectivity index (χ2v) is 8.02. The second-order valence-electron chi connectivity index (χ2n) is 7.58. The molecule has 1 aliphatic heterocycles. The number of methoxy groups -OCH3 is 3. The molecular formula is C28H33ClN2O4. The van der Waals surface area contributed by atoms with Crippen LogP contribution >= 0.6 is 11.6 Å². The Labute approximate surface area is 212 Å². The highest BCUT2D eigenvalue weighted by Crippen LogP contribution is 2.38. The van der Waals surface area contributed by atoms with Crippen molar-refractivity contribution in [2.75, 3.05) is 33.6 Å². The number of nitrogens with two attached hydrogens (primary N) is 1. The molecule has 0 saturated heterocycles. The van der Waals surface area contributed by atoms with Crippen molar-refractivity contribution in [3.8, 4) is 11.5 Å². The van der Waals surface area contributed by atoms with Gasteiger partial charge in [0.05, 0.1) is 27.4 Å². The van der Waals surface area contributed by atoms with E-state index in [1.165, 1.54) is 0 Å². The number of halogens is 1. The molecule has 0 spiro atoms.